The van der Waals surface area contributed by atoms with Gasteiger partial charge in [-0.3, -0.25) is 9.59 Å². The van der Waals surface area contributed by atoms with Crippen LogP contribution in [0.4, 0.5) is 13.2 Å². The summed E-state index contributed by atoms with van der Waals surface area (Å²) >= 11 is 1.34. The van der Waals surface area contributed by atoms with E-state index in [4.69, 9.17) is 5.11 Å². The highest BCUT2D eigenvalue weighted by Gasteiger charge is 2.53. The third kappa shape index (κ3) is 3.87. The van der Waals surface area contributed by atoms with Gasteiger partial charge in [0, 0.05) is 24.0 Å². The Morgan fingerprint density at radius 2 is 1.92 bits per heavy atom. The molecule has 1 aromatic carbocycles. The second-order valence-corrected chi connectivity index (χ2v) is 6.94. The van der Waals surface area contributed by atoms with Crippen molar-refractivity contribution in [3.05, 3.63) is 41.4 Å². The highest BCUT2D eigenvalue weighted by Crippen LogP contribution is 2.38. The van der Waals surface area contributed by atoms with E-state index >= 15 is 0 Å². The number of alkyl halides is 3. The first-order valence-electron chi connectivity index (χ1n) is 7.83. The molecule has 138 valence electrons. The van der Waals surface area contributed by atoms with Crippen molar-refractivity contribution >= 4 is 23.2 Å². The number of thiazole rings is 1. The number of nitrogens with zero attached hydrogens (tertiary/aromatic N) is 2. The van der Waals surface area contributed by atoms with Gasteiger partial charge >= 0.3 is 12.1 Å². The van der Waals surface area contributed by atoms with Crippen LogP contribution >= 0.6 is 11.3 Å². The van der Waals surface area contributed by atoms with Gasteiger partial charge in [0.15, 0.2) is 0 Å². The Bertz CT molecular complexity index is 807. The van der Waals surface area contributed by atoms with Gasteiger partial charge < -0.3 is 10.0 Å². The summed E-state index contributed by atoms with van der Waals surface area (Å²) in [4.78, 5) is 28.7. The van der Waals surface area contributed by atoms with E-state index < -0.39 is 43.0 Å². The van der Waals surface area contributed by atoms with E-state index in [-0.39, 0.29) is 6.42 Å². The molecule has 0 unspecified atom stereocenters. The number of hydrogen-bond donors (Lipinski definition) is 1. The number of aliphatic carboxylic acids is 1. The molecule has 0 radical (unpaired) electrons. The molecule has 1 aromatic heterocycles. The fourth-order valence-electron chi connectivity index (χ4n) is 2.96. The van der Waals surface area contributed by atoms with Gasteiger partial charge in [-0.1, -0.05) is 30.3 Å². The van der Waals surface area contributed by atoms with E-state index in [1.54, 1.807) is 5.38 Å². The summed E-state index contributed by atoms with van der Waals surface area (Å²) in [5.41, 5.74) is 1.35. The van der Waals surface area contributed by atoms with Crippen molar-refractivity contribution in [1.29, 1.82) is 0 Å². The van der Waals surface area contributed by atoms with Crippen molar-refractivity contribution in [3.63, 3.8) is 0 Å². The third-order valence-electron chi connectivity index (χ3n) is 4.32. The average Bonchev–Trinajstić information content (AvgIpc) is 3.22. The molecule has 1 fully saturated rings. The Morgan fingerprint density at radius 3 is 2.50 bits per heavy atom. The average molecular weight is 384 g/mol. The molecule has 0 aliphatic carbocycles. The maximum atomic E-state index is 13.0. The van der Waals surface area contributed by atoms with Gasteiger partial charge in [0.25, 0.3) is 0 Å². The van der Waals surface area contributed by atoms with Gasteiger partial charge in [0.2, 0.25) is 5.91 Å². The van der Waals surface area contributed by atoms with E-state index in [0.717, 1.165) is 10.5 Å². The first-order valence-corrected chi connectivity index (χ1v) is 8.71. The van der Waals surface area contributed by atoms with Crippen molar-refractivity contribution < 1.29 is 27.9 Å². The summed E-state index contributed by atoms with van der Waals surface area (Å²) in [6, 6.07) is 9.32. The Morgan fingerprint density at radius 1 is 1.23 bits per heavy atom. The normalized spacial score (nSPS) is 20.3. The topological polar surface area (TPSA) is 70.5 Å². The van der Waals surface area contributed by atoms with Crippen LogP contribution in [0, 0.1) is 11.8 Å². The van der Waals surface area contributed by atoms with Crippen LogP contribution in [-0.2, 0) is 16.0 Å². The minimum Gasteiger partial charge on any atom is -0.481 e. The summed E-state index contributed by atoms with van der Waals surface area (Å²) < 4.78 is 39.0. The first kappa shape index (κ1) is 18.4. The van der Waals surface area contributed by atoms with E-state index in [2.05, 4.69) is 4.98 Å². The summed E-state index contributed by atoms with van der Waals surface area (Å²) in [6.07, 6.45) is -4.81. The largest absolute Gasteiger partial charge is 0.481 e. The van der Waals surface area contributed by atoms with Gasteiger partial charge in [-0.25, -0.2) is 4.98 Å². The van der Waals surface area contributed by atoms with Crippen LogP contribution in [-0.4, -0.2) is 46.1 Å². The lowest BCUT2D eigenvalue weighted by molar-refractivity contribution is -0.188. The molecule has 2 heterocycles. The maximum absolute atomic E-state index is 13.0. The zero-order valence-electron chi connectivity index (χ0n) is 13.4. The predicted molar refractivity (Wildman–Crippen MR) is 88.5 cm³/mol. The second-order valence-electron chi connectivity index (χ2n) is 6.08. The molecule has 5 nitrogen and oxygen atoms in total. The Balaban J connectivity index is 1.69. The van der Waals surface area contributed by atoms with Crippen molar-refractivity contribution in [1.82, 2.24) is 9.88 Å². The SMILES string of the molecule is O=C(O)[C@@H]1CN(C(=O)Cc2csc(-c3ccccc3)n2)C[C@H]1C(F)(F)F. The highest BCUT2D eigenvalue weighted by atomic mass is 32.1. The lowest BCUT2D eigenvalue weighted by atomic mass is 9.96. The minimum atomic E-state index is -4.65. The predicted octanol–water partition coefficient (Wildman–Crippen LogP) is 3.07. The van der Waals surface area contributed by atoms with Crippen LogP contribution in [0.25, 0.3) is 10.6 Å². The van der Waals surface area contributed by atoms with Gasteiger partial charge in [0.1, 0.15) is 5.01 Å². The lowest BCUT2D eigenvalue weighted by Gasteiger charge is -2.18. The molecule has 9 heteroatoms. The first-order chi connectivity index (χ1) is 12.3. The van der Waals surface area contributed by atoms with E-state index in [1.807, 2.05) is 30.3 Å². The van der Waals surface area contributed by atoms with Gasteiger partial charge in [-0.2, -0.15) is 13.2 Å². The number of amides is 1. The summed E-state index contributed by atoms with van der Waals surface area (Å²) in [6.45, 7) is -1.07. The number of aromatic nitrogens is 1. The standard InChI is InChI=1S/C17H15F3N2O3S/c18-17(19,20)13-8-22(7-12(13)16(24)25)14(23)6-11-9-26-15(21-11)10-4-2-1-3-5-10/h1-5,9,12-13H,6-8H2,(H,24,25)/t12-,13-/m1/s1. The number of carbonyl (C=O) groups excluding carboxylic acids is 1. The summed E-state index contributed by atoms with van der Waals surface area (Å²) in [7, 11) is 0. The van der Waals surface area contributed by atoms with Crippen molar-refractivity contribution in [2.45, 2.75) is 12.6 Å². The van der Waals surface area contributed by atoms with Gasteiger partial charge in [0.05, 0.1) is 24.0 Å². The van der Waals surface area contributed by atoms with Crippen molar-refractivity contribution in [3.8, 4) is 10.6 Å². The summed E-state index contributed by atoms with van der Waals surface area (Å²) in [5.74, 6) is -5.76. The third-order valence-corrected chi connectivity index (χ3v) is 5.26. The number of benzene rings is 1. The van der Waals surface area contributed by atoms with Gasteiger partial charge in [-0.05, 0) is 0 Å². The molecule has 2 aromatic rings. The second kappa shape index (κ2) is 7.06. The minimum absolute atomic E-state index is 0.153. The number of carbonyl (C=O) groups is 2. The van der Waals surface area contributed by atoms with Crippen LogP contribution in [0.2, 0.25) is 0 Å². The fourth-order valence-corrected chi connectivity index (χ4v) is 3.78. The zero-order chi connectivity index (χ0) is 18.9. The van der Waals surface area contributed by atoms with Crippen LogP contribution in [0.15, 0.2) is 35.7 Å². The van der Waals surface area contributed by atoms with E-state index in [9.17, 15) is 22.8 Å². The number of halogens is 3. The number of hydrogen-bond acceptors (Lipinski definition) is 4. The number of carboxylic acids is 1. The van der Waals surface area contributed by atoms with E-state index in [0.29, 0.717) is 10.7 Å². The molecule has 1 aliphatic rings. The monoisotopic (exact) mass is 384 g/mol. The number of rotatable bonds is 4. The molecule has 1 N–H and O–H groups in total. The number of carboxylic acid groups (broad SMARTS) is 1. The zero-order valence-corrected chi connectivity index (χ0v) is 14.3. The van der Waals surface area contributed by atoms with E-state index in [1.165, 1.54) is 11.3 Å². The molecule has 3 rings (SSSR count). The molecular weight excluding hydrogens is 369 g/mol. The Kier molecular flexibility index (Phi) is 4.99. The summed E-state index contributed by atoms with van der Waals surface area (Å²) in [5, 5.41) is 11.4. The highest BCUT2D eigenvalue weighted by molar-refractivity contribution is 7.13. The molecule has 2 atom stereocenters. The fraction of sp³-hybridized carbons (Fsp3) is 0.353. The molecular formula is C17H15F3N2O3S. The molecule has 1 aliphatic heterocycles. The van der Waals surface area contributed by atoms with Crippen LogP contribution in [0.1, 0.15) is 5.69 Å². The Labute approximate surface area is 151 Å². The van der Waals surface area contributed by atoms with Crippen molar-refractivity contribution in [2.24, 2.45) is 11.8 Å². The van der Waals surface area contributed by atoms with Crippen LogP contribution < -0.4 is 0 Å². The Hall–Kier alpha value is -2.42. The smallest absolute Gasteiger partial charge is 0.394 e. The quantitative estimate of drug-likeness (QED) is 0.880. The maximum Gasteiger partial charge on any atom is 0.394 e. The van der Waals surface area contributed by atoms with Crippen LogP contribution in [0.5, 0.6) is 0 Å². The molecule has 0 saturated carbocycles. The molecule has 1 saturated heterocycles. The molecule has 1 amide bonds. The molecule has 0 bridgehead atoms. The van der Waals surface area contributed by atoms with Crippen LogP contribution in [0.3, 0.4) is 0 Å². The number of likely N-dealkylation sites (tertiary alicyclic amines) is 1. The van der Waals surface area contributed by atoms with Crippen molar-refractivity contribution in [2.75, 3.05) is 13.1 Å². The lowest BCUT2D eigenvalue weighted by Crippen LogP contribution is -2.34. The van der Waals surface area contributed by atoms with Gasteiger partial charge in [-0.15, -0.1) is 11.3 Å². The molecule has 0 spiro atoms. The molecule has 26 heavy (non-hydrogen) atoms.